The predicted octanol–water partition coefficient (Wildman–Crippen LogP) is 5.52. The molecule has 3 fully saturated rings. The minimum atomic E-state index is -1.10. The summed E-state index contributed by atoms with van der Waals surface area (Å²) in [6.07, 6.45) is 17.0. The first-order valence-electron chi connectivity index (χ1n) is 13.6. The maximum absolute atomic E-state index is 12.0. The number of likely N-dealkylation sites (N-methyl/N-ethyl adjacent to an activating group) is 1. The van der Waals surface area contributed by atoms with E-state index in [0.29, 0.717) is 0 Å². The van der Waals surface area contributed by atoms with Crippen molar-refractivity contribution < 1.29 is 24.2 Å². The Labute approximate surface area is 210 Å². The first-order valence-corrected chi connectivity index (χ1v) is 13.6. The Bertz CT molecular complexity index is 727. The van der Waals surface area contributed by atoms with E-state index in [0.717, 1.165) is 41.8 Å². The van der Waals surface area contributed by atoms with E-state index in [1.807, 2.05) is 30.3 Å². The van der Waals surface area contributed by atoms with E-state index < -0.39 is 18.1 Å². The van der Waals surface area contributed by atoms with E-state index >= 15 is 0 Å². The standard InChI is InChI=1S/C16H21NO5.C12H23N/c1-17(14(15(18)19)11-21-13-8-5-9-13)16(20)22-10-12-6-3-2-4-7-12;1-3-7-11(8-4-1)13-12-9-5-2-6-10-12/h2-4,6-7,13-14H,5,8-11H2,1H3,(H,18,19);11-13H,1-10H2/t14-;/m0./s1. The van der Waals surface area contributed by atoms with Crippen molar-refractivity contribution in [3.63, 3.8) is 0 Å². The second-order valence-electron chi connectivity index (χ2n) is 10.2. The molecular formula is C28H44N2O5. The quantitative estimate of drug-likeness (QED) is 0.476. The van der Waals surface area contributed by atoms with Gasteiger partial charge in [-0.2, -0.15) is 0 Å². The summed E-state index contributed by atoms with van der Waals surface area (Å²) in [7, 11) is 1.41. The first kappa shape index (κ1) is 27.5. The number of benzene rings is 1. The normalized spacial score (nSPS) is 20.1. The summed E-state index contributed by atoms with van der Waals surface area (Å²) in [5, 5.41) is 13.1. The molecule has 3 aliphatic rings. The second kappa shape index (κ2) is 15.1. The predicted molar refractivity (Wildman–Crippen MR) is 136 cm³/mol. The van der Waals surface area contributed by atoms with Crippen molar-refractivity contribution in [1.82, 2.24) is 10.2 Å². The van der Waals surface area contributed by atoms with Crippen molar-refractivity contribution in [2.24, 2.45) is 0 Å². The van der Waals surface area contributed by atoms with Crippen LogP contribution < -0.4 is 5.32 Å². The van der Waals surface area contributed by atoms with E-state index in [1.54, 1.807) is 0 Å². The van der Waals surface area contributed by atoms with Crippen LogP contribution in [-0.2, 0) is 20.9 Å². The number of carboxylic acids is 1. The van der Waals surface area contributed by atoms with Gasteiger partial charge in [0.25, 0.3) is 0 Å². The van der Waals surface area contributed by atoms with Crippen molar-refractivity contribution >= 4 is 12.1 Å². The van der Waals surface area contributed by atoms with E-state index in [1.165, 1.54) is 71.3 Å². The monoisotopic (exact) mass is 488 g/mol. The third-order valence-corrected chi connectivity index (χ3v) is 7.47. The van der Waals surface area contributed by atoms with Gasteiger partial charge in [0.2, 0.25) is 0 Å². The maximum Gasteiger partial charge on any atom is 0.410 e. The highest BCUT2D eigenvalue weighted by atomic mass is 16.6. The molecule has 4 rings (SSSR count). The topological polar surface area (TPSA) is 88.1 Å². The van der Waals surface area contributed by atoms with Gasteiger partial charge < -0.3 is 19.9 Å². The van der Waals surface area contributed by atoms with Crippen LogP contribution in [0.1, 0.15) is 89.0 Å². The summed E-state index contributed by atoms with van der Waals surface area (Å²) in [6.45, 7) is 0.0940. The summed E-state index contributed by atoms with van der Waals surface area (Å²) >= 11 is 0. The highest BCUT2D eigenvalue weighted by molar-refractivity contribution is 5.80. The minimum Gasteiger partial charge on any atom is -0.480 e. The number of rotatable bonds is 9. The Balaban J connectivity index is 0.000000223. The molecule has 35 heavy (non-hydrogen) atoms. The zero-order chi connectivity index (χ0) is 24.9. The fourth-order valence-corrected chi connectivity index (χ4v) is 4.93. The molecule has 196 valence electrons. The summed E-state index contributed by atoms with van der Waals surface area (Å²) in [5.41, 5.74) is 0.849. The van der Waals surface area contributed by atoms with Gasteiger partial charge in [-0.3, -0.25) is 4.90 Å². The third-order valence-electron chi connectivity index (χ3n) is 7.47. The molecule has 0 radical (unpaired) electrons. The summed E-state index contributed by atoms with van der Waals surface area (Å²) < 4.78 is 10.6. The van der Waals surface area contributed by atoms with E-state index in [2.05, 4.69) is 5.32 Å². The van der Waals surface area contributed by atoms with Crippen LogP contribution in [0.3, 0.4) is 0 Å². The summed E-state index contributed by atoms with van der Waals surface area (Å²) in [4.78, 5) is 24.4. The van der Waals surface area contributed by atoms with Crippen LogP contribution in [0.15, 0.2) is 30.3 Å². The van der Waals surface area contributed by atoms with Crippen LogP contribution in [0.5, 0.6) is 0 Å². The number of nitrogens with one attached hydrogen (secondary N) is 1. The number of hydrogen-bond acceptors (Lipinski definition) is 5. The second-order valence-corrected chi connectivity index (χ2v) is 10.2. The number of amides is 1. The Hall–Kier alpha value is -2.12. The third kappa shape index (κ3) is 9.80. The number of carbonyl (C=O) groups excluding carboxylic acids is 1. The van der Waals surface area contributed by atoms with Crippen LogP contribution in [0.25, 0.3) is 0 Å². The van der Waals surface area contributed by atoms with Crippen LogP contribution in [0, 0.1) is 0 Å². The van der Waals surface area contributed by atoms with E-state index in [4.69, 9.17) is 9.47 Å². The molecule has 0 aromatic heterocycles. The lowest BCUT2D eigenvalue weighted by molar-refractivity contribution is -0.146. The molecule has 1 aromatic rings. The van der Waals surface area contributed by atoms with Gasteiger partial charge in [-0.1, -0.05) is 68.9 Å². The van der Waals surface area contributed by atoms with Crippen LogP contribution in [0.4, 0.5) is 4.79 Å². The molecule has 7 heteroatoms. The molecule has 1 aromatic carbocycles. The largest absolute Gasteiger partial charge is 0.480 e. The molecule has 7 nitrogen and oxygen atoms in total. The lowest BCUT2D eigenvalue weighted by Crippen LogP contribution is -2.46. The van der Waals surface area contributed by atoms with Gasteiger partial charge in [-0.25, -0.2) is 9.59 Å². The molecule has 1 atom stereocenters. The van der Waals surface area contributed by atoms with Crippen molar-refractivity contribution in [2.75, 3.05) is 13.7 Å². The average molecular weight is 489 g/mol. The summed E-state index contributed by atoms with van der Waals surface area (Å²) in [5.74, 6) is -1.10. The van der Waals surface area contributed by atoms with Crippen molar-refractivity contribution in [2.45, 2.75) is 114 Å². The smallest absolute Gasteiger partial charge is 0.410 e. The summed E-state index contributed by atoms with van der Waals surface area (Å²) in [6, 6.07) is 9.94. The molecular weight excluding hydrogens is 444 g/mol. The van der Waals surface area contributed by atoms with Crippen LogP contribution in [0.2, 0.25) is 0 Å². The molecule has 3 saturated carbocycles. The van der Waals surface area contributed by atoms with Crippen molar-refractivity contribution in [3.05, 3.63) is 35.9 Å². The molecule has 0 heterocycles. The molecule has 0 unspecified atom stereocenters. The number of nitrogens with zero attached hydrogens (tertiary/aromatic N) is 1. The first-order chi connectivity index (χ1) is 17.0. The van der Waals surface area contributed by atoms with Gasteiger partial charge >= 0.3 is 12.1 Å². The van der Waals surface area contributed by atoms with E-state index in [9.17, 15) is 14.7 Å². The lowest BCUT2D eigenvalue weighted by atomic mass is 9.91. The fourth-order valence-electron chi connectivity index (χ4n) is 4.93. The molecule has 1 amide bonds. The van der Waals surface area contributed by atoms with Gasteiger partial charge in [-0.15, -0.1) is 0 Å². The molecule has 3 aliphatic carbocycles. The SMILES string of the molecule is C1CCC(NC2CCCCC2)CC1.CN(C(=O)OCc1ccccc1)[C@@H](COC1CCC1)C(=O)O. The molecule has 0 spiro atoms. The number of aliphatic carboxylic acids is 1. The zero-order valence-corrected chi connectivity index (χ0v) is 21.3. The van der Waals surface area contributed by atoms with Gasteiger partial charge in [0.15, 0.2) is 6.04 Å². The van der Waals surface area contributed by atoms with E-state index in [-0.39, 0.29) is 19.3 Å². The lowest BCUT2D eigenvalue weighted by Gasteiger charge is -2.30. The van der Waals surface area contributed by atoms with Gasteiger partial charge in [0, 0.05) is 19.1 Å². The number of ether oxygens (including phenoxy) is 2. The molecule has 0 saturated heterocycles. The number of hydrogen-bond donors (Lipinski definition) is 2. The molecule has 2 N–H and O–H groups in total. The Kier molecular flexibility index (Phi) is 11.8. The number of carbonyl (C=O) groups is 2. The van der Waals surface area contributed by atoms with Gasteiger partial charge in [0.1, 0.15) is 6.61 Å². The Morgan fingerprint density at radius 2 is 1.49 bits per heavy atom. The van der Waals surface area contributed by atoms with Gasteiger partial charge in [-0.05, 0) is 50.5 Å². The molecule has 0 bridgehead atoms. The zero-order valence-electron chi connectivity index (χ0n) is 21.3. The van der Waals surface area contributed by atoms with Crippen LogP contribution >= 0.6 is 0 Å². The minimum absolute atomic E-state index is 0.0169. The Morgan fingerprint density at radius 3 is 1.97 bits per heavy atom. The van der Waals surface area contributed by atoms with Gasteiger partial charge in [0.05, 0.1) is 12.7 Å². The maximum atomic E-state index is 12.0. The number of carboxylic acid groups (broad SMARTS) is 1. The Morgan fingerprint density at radius 1 is 0.914 bits per heavy atom. The average Bonchev–Trinajstić information content (AvgIpc) is 2.86. The highest BCUT2D eigenvalue weighted by Gasteiger charge is 2.30. The van der Waals surface area contributed by atoms with Crippen molar-refractivity contribution in [1.29, 1.82) is 0 Å². The van der Waals surface area contributed by atoms with Crippen LogP contribution in [-0.4, -0.2) is 60.0 Å². The van der Waals surface area contributed by atoms with Crippen molar-refractivity contribution in [3.8, 4) is 0 Å². The fraction of sp³-hybridized carbons (Fsp3) is 0.714. The highest BCUT2D eigenvalue weighted by Crippen LogP contribution is 2.23. The molecule has 0 aliphatic heterocycles.